The van der Waals surface area contributed by atoms with Crippen LogP contribution < -0.4 is 16.1 Å². The summed E-state index contributed by atoms with van der Waals surface area (Å²) < 4.78 is 12.9. The molecule has 2 aromatic carbocycles. The van der Waals surface area contributed by atoms with Gasteiger partial charge in [0, 0.05) is 21.8 Å². The van der Waals surface area contributed by atoms with Crippen LogP contribution in [0.5, 0.6) is 5.75 Å². The van der Waals surface area contributed by atoms with Crippen LogP contribution in [0.15, 0.2) is 53.5 Å². The molecule has 0 aliphatic carbocycles. The standard InChI is InChI=1S/C26H23FN4O7S/c1-26(2)20(25(37)38)31-23(36)18(24(31)39-26)30-22(35)17(11-3-6-13(32)7-4-11)29-21(34)15-10-28-16-8-5-12(27)9-14(16)19(15)33/h3-10,17-18,20,24,32H,1-2H3,(H,28,33)(H,29,34)(H,30,35)(H,37,38)/t17?,18?,20-,24?/m0/s1. The number of halogens is 1. The number of rotatable bonds is 6. The molecule has 3 unspecified atom stereocenters. The summed E-state index contributed by atoms with van der Waals surface area (Å²) in [5, 5.41) is 23.7. The van der Waals surface area contributed by atoms with Crippen molar-refractivity contribution in [3.05, 3.63) is 75.8 Å². The normalized spacial score (nSPS) is 22.1. The maximum Gasteiger partial charge on any atom is 0.327 e. The number of carboxylic acids is 1. The molecule has 0 radical (unpaired) electrons. The molecule has 4 atom stereocenters. The molecule has 1 aromatic heterocycles. The van der Waals surface area contributed by atoms with Crippen molar-refractivity contribution in [1.29, 1.82) is 0 Å². The average Bonchev–Trinajstić information content (AvgIpc) is 3.14. The molecule has 5 rings (SSSR count). The molecule has 3 amide bonds. The monoisotopic (exact) mass is 554 g/mol. The number of phenols is 1. The van der Waals surface area contributed by atoms with Crippen molar-refractivity contribution in [3.8, 4) is 5.75 Å². The van der Waals surface area contributed by atoms with Crippen molar-refractivity contribution >= 4 is 46.4 Å². The third-order valence-corrected chi connectivity index (χ3v) is 8.40. The van der Waals surface area contributed by atoms with Gasteiger partial charge in [0.2, 0.25) is 17.2 Å². The SMILES string of the molecule is CC1(C)SC2C(NC(=O)C(NC(=O)c3c[nH]c4ccc(F)cc4c3=O)c3ccc(O)cc3)C(=O)N2[C@H]1C(=O)O. The van der Waals surface area contributed by atoms with Gasteiger partial charge in [0.1, 0.15) is 40.6 Å². The van der Waals surface area contributed by atoms with Gasteiger partial charge in [0.15, 0.2) is 0 Å². The molecule has 11 nitrogen and oxygen atoms in total. The molecule has 2 fully saturated rings. The number of nitrogens with one attached hydrogen (secondary N) is 3. The molecule has 5 N–H and O–H groups in total. The Balaban J connectivity index is 1.42. The lowest BCUT2D eigenvalue weighted by atomic mass is 9.95. The van der Waals surface area contributed by atoms with E-state index in [1.54, 1.807) is 13.8 Å². The predicted molar refractivity (Wildman–Crippen MR) is 138 cm³/mol. The van der Waals surface area contributed by atoms with Gasteiger partial charge in [-0.05, 0) is 49.7 Å². The lowest BCUT2D eigenvalue weighted by molar-refractivity contribution is -0.161. The van der Waals surface area contributed by atoms with E-state index in [1.807, 2.05) is 0 Å². The van der Waals surface area contributed by atoms with E-state index in [9.17, 15) is 38.6 Å². The second kappa shape index (κ2) is 9.42. The summed E-state index contributed by atoms with van der Waals surface area (Å²) in [4.78, 5) is 68.1. The van der Waals surface area contributed by atoms with E-state index >= 15 is 0 Å². The maximum atomic E-state index is 13.7. The Hall–Kier alpha value is -4.39. The Morgan fingerprint density at radius 3 is 2.49 bits per heavy atom. The number of aliphatic carboxylic acids is 1. The van der Waals surface area contributed by atoms with Gasteiger partial charge in [-0.1, -0.05) is 12.1 Å². The first-order valence-electron chi connectivity index (χ1n) is 11.8. The second-order valence-corrected chi connectivity index (χ2v) is 11.6. The highest BCUT2D eigenvalue weighted by atomic mass is 32.2. The minimum absolute atomic E-state index is 0.0534. The number of nitrogens with zero attached hydrogens (tertiary/aromatic N) is 1. The molecule has 202 valence electrons. The van der Waals surface area contributed by atoms with Gasteiger partial charge >= 0.3 is 5.97 Å². The number of carbonyl (C=O) groups excluding carboxylic acids is 3. The van der Waals surface area contributed by atoms with Crippen molar-refractivity contribution in [3.63, 3.8) is 0 Å². The lowest BCUT2D eigenvalue weighted by Gasteiger charge is -2.44. The highest BCUT2D eigenvalue weighted by molar-refractivity contribution is 8.01. The Morgan fingerprint density at radius 2 is 1.82 bits per heavy atom. The molecule has 0 spiro atoms. The number of hydrogen-bond acceptors (Lipinski definition) is 7. The lowest BCUT2D eigenvalue weighted by Crippen LogP contribution is -2.71. The van der Waals surface area contributed by atoms with Gasteiger partial charge in [-0.2, -0.15) is 0 Å². The fraction of sp³-hybridized carbons (Fsp3) is 0.269. The number of H-pyrrole nitrogens is 1. The molecule has 0 saturated carbocycles. The van der Waals surface area contributed by atoms with E-state index in [2.05, 4.69) is 15.6 Å². The molecular formula is C26H23FN4O7S. The van der Waals surface area contributed by atoms with Crippen molar-refractivity contribution in [2.24, 2.45) is 0 Å². The minimum atomic E-state index is -1.39. The summed E-state index contributed by atoms with van der Waals surface area (Å²) in [7, 11) is 0. The Labute approximate surface area is 224 Å². The third-order valence-electron chi connectivity index (χ3n) is 6.82. The van der Waals surface area contributed by atoms with Gasteiger partial charge in [0.05, 0.1) is 0 Å². The molecule has 3 heterocycles. The fourth-order valence-electron chi connectivity index (χ4n) is 4.92. The van der Waals surface area contributed by atoms with Crippen LogP contribution in [0.2, 0.25) is 0 Å². The predicted octanol–water partition coefficient (Wildman–Crippen LogP) is 1.48. The average molecular weight is 555 g/mol. The van der Waals surface area contributed by atoms with Crippen molar-refractivity contribution in [2.45, 2.75) is 42.1 Å². The number of aromatic nitrogens is 1. The van der Waals surface area contributed by atoms with Gasteiger partial charge in [-0.15, -0.1) is 11.8 Å². The summed E-state index contributed by atoms with van der Waals surface area (Å²) in [5.41, 5.74) is -0.559. The number of carboxylic acid groups (broad SMARTS) is 1. The molecule has 3 aromatic rings. The molecule has 2 saturated heterocycles. The number of thioether (sulfide) groups is 1. The zero-order valence-electron chi connectivity index (χ0n) is 20.6. The van der Waals surface area contributed by atoms with Gasteiger partial charge in [-0.3, -0.25) is 19.2 Å². The Morgan fingerprint density at radius 1 is 1.13 bits per heavy atom. The number of aromatic hydroxyl groups is 1. The van der Waals surface area contributed by atoms with Gasteiger partial charge < -0.3 is 30.7 Å². The van der Waals surface area contributed by atoms with Crippen molar-refractivity contribution < 1.29 is 33.8 Å². The zero-order valence-corrected chi connectivity index (χ0v) is 21.4. The molecule has 0 bridgehead atoms. The summed E-state index contributed by atoms with van der Waals surface area (Å²) in [6.07, 6.45) is 1.15. The van der Waals surface area contributed by atoms with E-state index in [4.69, 9.17) is 0 Å². The topological polar surface area (TPSA) is 169 Å². The first kappa shape index (κ1) is 26.2. The van der Waals surface area contributed by atoms with Crippen LogP contribution in [0, 0.1) is 5.82 Å². The number of pyridine rings is 1. The number of hydrogen-bond donors (Lipinski definition) is 5. The minimum Gasteiger partial charge on any atom is -0.508 e. The van der Waals surface area contributed by atoms with E-state index in [1.165, 1.54) is 47.0 Å². The number of carbonyl (C=O) groups is 4. The van der Waals surface area contributed by atoms with E-state index < -0.39 is 63.2 Å². The summed E-state index contributed by atoms with van der Waals surface area (Å²) in [5.74, 6) is -4.19. The first-order chi connectivity index (χ1) is 18.4. The van der Waals surface area contributed by atoms with Crippen molar-refractivity contribution in [2.75, 3.05) is 0 Å². The zero-order chi connectivity index (χ0) is 28.2. The van der Waals surface area contributed by atoms with E-state index in [0.29, 0.717) is 5.52 Å². The maximum absolute atomic E-state index is 13.7. The van der Waals surface area contributed by atoms with Crippen molar-refractivity contribution in [1.82, 2.24) is 20.5 Å². The number of benzene rings is 2. The van der Waals surface area contributed by atoms with Crippen LogP contribution >= 0.6 is 11.8 Å². The van der Waals surface area contributed by atoms with Crippen LogP contribution in [0.4, 0.5) is 4.39 Å². The first-order valence-corrected chi connectivity index (χ1v) is 12.7. The smallest absolute Gasteiger partial charge is 0.327 e. The Bertz CT molecular complexity index is 1590. The largest absolute Gasteiger partial charge is 0.508 e. The fourth-order valence-corrected chi connectivity index (χ4v) is 6.54. The van der Waals surface area contributed by atoms with Crippen LogP contribution in [-0.4, -0.2) is 66.0 Å². The van der Waals surface area contributed by atoms with E-state index in [0.717, 1.165) is 18.3 Å². The molecule has 2 aliphatic heterocycles. The number of amides is 3. The van der Waals surface area contributed by atoms with Crippen LogP contribution in [0.3, 0.4) is 0 Å². The number of β-lactam (4-membered cyclic amide) rings is 1. The summed E-state index contributed by atoms with van der Waals surface area (Å²) in [6, 6.07) is 5.41. The quantitative estimate of drug-likeness (QED) is 0.286. The molecular weight excluding hydrogens is 531 g/mol. The van der Waals surface area contributed by atoms with Gasteiger partial charge in [0.25, 0.3) is 5.91 Å². The summed E-state index contributed by atoms with van der Waals surface area (Å²) in [6.45, 7) is 3.40. The number of aromatic amines is 1. The Kier molecular flexibility index (Phi) is 6.33. The highest BCUT2D eigenvalue weighted by Gasteiger charge is 2.64. The molecule has 39 heavy (non-hydrogen) atoms. The van der Waals surface area contributed by atoms with Crippen LogP contribution in [0.25, 0.3) is 10.9 Å². The third kappa shape index (κ3) is 4.48. The molecule has 2 aliphatic rings. The number of phenolic OH excluding ortho intramolecular Hbond substituents is 1. The number of fused-ring (bicyclic) bond motifs is 2. The van der Waals surface area contributed by atoms with Crippen LogP contribution in [0.1, 0.15) is 35.8 Å². The molecule has 13 heteroatoms. The van der Waals surface area contributed by atoms with E-state index in [-0.39, 0.29) is 22.3 Å². The highest BCUT2D eigenvalue weighted by Crippen LogP contribution is 2.50. The van der Waals surface area contributed by atoms with Crippen LogP contribution in [-0.2, 0) is 14.4 Å². The second-order valence-electron chi connectivity index (χ2n) is 9.80. The summed E-state index contributed by atoms with van der Waals surface area (Å²) >= 11 is 1.25. The van der Waals surface area contributed by atoms with Gasteiger partial charge in [-0.25, -0.2) is 9.18 Å².